The third-order valence-electron chi connectivity index (χ3n) is 4.87. The van der Waals surface area contributed by atoms with E-state index in [0.717, 1.165) is 29.7 Å². The number of phenols is 2. The van der Waals surface area contributed by atoms with Crippen molar-refractivity contribution in [2.75, 3.05) is 11.4 Å². The molecule has 1 aliphatic rings. The van der Waals surface area contributed by atoms with E-state index in [1.165, 1.54) is 12.1 Å². The zero-order valence-corrected chi connectivity index (χ0v) is 15.3. The van der Waals surface area contributed by atoms with E-state index in [4.69, 9.17) is 4.74 Å². The Balaban J connectivity index is 1.68. The van der Waals surface area contributed by atoms with E-state index in [-0.39, 0.29) is 35.3 Å². The van der Waals surface area contributed by atoms with Gasteiger partial charge in [-0.1, -0.05) is 48.5 Å². The van der Waals surface area contributed by atoms with Crippen LogP contribution in [0.1, 0.15) is 27.9 Å². The van der Waals surface area contributed by atoms with Crippen LogP contribution in [0.15, 0.2) is 66.7 Å². The molecule has 0 saturated carbocycles. The third kappa shape index (κ3) is 3.51. The molecule has 0 fully saturated rings. The highest BCUT2D eigenvalue weighted by Gasteiger charge is 2.28. The Bertz CT molecular complexity index is 1000. The van der Waals surface area contributed by atoms with Gasteiger partial charge >= 0.3 is 0 Å². The number of anilines is 1. The summed E-state index contributed by atoms with van der Waals surface area (Å²) in [5.41, 5.74) is 2.94. The summed E-state index contributed by atoms with van der Waals surface area (Å²) in [5.74, 6) is -0.630. The first-order chi connectivity index (χ1) is 13.6. The van der Waals surface area contributed by atoms with Crippen molar-refractivity contribution >= 4 is 11.6 Å². The lowest BCUT2D eigenvalue weighted by molar-refractivity contribution is 0.0977. The Labute approximate surface area is 163 Å². The maximum atomic E-state index is 13.3. The van der Waals surface area contributed by atoms with Gasteiger partial charge in [0.05, 0.1) is 0 Å². The standard InChI is InChI=1S/C23H21NO4/c25-18-13-20(26)22(21(14-18)28-15-16-7-2-1-3-8-16)23(27)24-12-6-10-17-9-4-5-11-19(17)24/h1-5,7-9,11,13-14,25-26H,6,10,12,15H2. The van der Waals surface area contributed by atoms with Crippen LogP contribution >= 0.6 is 0 Å². The highest BCUT2D eigenvalue weighted by Crippen LogP contribution is 2.37. The van der Waals surface area contributed by atoms with Gasteiger partial charge in [-0.3, -0.25) is 4.79 Å². The first kappa shape index (κ1) is 17.9. The summed E-state index contributed by atoms with van der Waals surface area (Å²) in [6.45, 7) is 0.787. The van der Waals surface area contributed by atoms with Crippen LogP contribution < -0.4 is 9.64 Å². The largest absolute Gasteiger partial charge is 0.508 e. The third-order valence-corrected chi connectivity index (χ3v) is 4.87. The van der Waals surface area contributed by atoms with Crippen LogP contribution in [0.4, 0.5) is 5.69 Å². The average Bonchev–Trinajstić information content (AvgIpc) is 2.72. The number of rotatable bonds is 4. The number of carbonyl (C=O) groups excluding carboxylic acids is 1. The molecule has 1 heterocycles. The molecule has 4 rings (SSSR count). The van der Waals surface area contributed by atoms with Crippen molar-refractivity contribution in [2.24, 2.45) is 0 Å². The molecule has 0 aliphatic carbocycles. The second kappa shape index (κ2) is 7.64. The fourth-order valence-corrected chi connectivity index (χ4v) is 3.53. The minimum atomic E-state index is -0.340. The summed E-state index contributed by atoms with van der Waals surface area (Å²) < 4.78 is 5.82. The maximum Gasteiger partial charge on any atom is 0.265 e. The topological polar surface area (TPSA) is 70.0 Å². The monoisotopic (exact) mass is 375 g/mol. The lowest BCUT2D eigenvalue weighted by Crippen LogP contribution is -2.35. The lowest BCUT2D eigenvalue weighted by Gasteiger charge is -2.30. The normalized spacial score (nSPS) is 13.1. The maximum absolute atomic E-state index is 13.3. The number of benzene rings is 3. The molecule has 0 saturated heterocycles. The number of hydrogen-bond donors (Lipinski definition) is 2. The molecule has 142 valence electrons. The Hall–Kier alpha value is -3.47. The molecule has 0 spiro atoms. The minimum Gasteiger partial charge on any atom is -0.508 e. The Morgan fingerprint density at radius 2 is 1.75 bits per heavy atom. The predicted molar refractivity (Wildman–Crippen MR) is 107 cm³/mol. The summed E-state index contributed by atoms with van der Waals surface area (Å²) in [5, 5.41) is 20.3. The van der Waals surface area contributed by atoms with Crippen molar-refractivity contribution in [1.82, 2.24) is 0 Å². The molecule has 0 unspecified atom stereocenters. The predicted octanol–water partition coefficient (Wildman–Crippen LogP) is 4.27. The highest BCUT2D eigenvalue weighted by molar-refractivity contribution is 6.10. The Morgan fingerprint density at radius 3 is 2.57 bits per heavy atom. The van der Waals surface area contributed by atoms with Gasteiger partial charge in [-0.2, -0.15) is 0 Å². The SMILES string of the molecule is O=C(c1c(O)cc(O)cc1OCc1ccccc1)N1CCCc2ccccc21. The summed E-state index contributed by atoms with van der Waals surface area (Å²) in [6, 6.07) is 19.8. The molecule has 0 bridgehead atoms. The lowest BCUT2D eigenvalue weighted by atomic mass is 10.0. The zero-order chi connectivity index (χ0) is 19.5. The van der Waals surface area contributed by atoms with Crippen molar-refractivity contribution in [3.05, 3.63) is 83.4 Å². The summed E-state index contributed by atoms with van der Waals surface area (Å²) in [6.07, 6.45) is 1.76. The molecule has 28 heavy (non-hydrogen) atoms. The molecule has 3 aromatic rings. The second-order valence-corrected chi connectivity index (χ2v) is 6.80. The first-order valence-electron chi connectivity index (χ1n) is 9.26. The van der Waals surface area contributed by atoms with Crippen LogP contribution in [-0.4, -0.2) is 22.7 Å². The molecule has 2 N–H and O–H groups in total. The Morgan fingerprint density at radius 1 is 1.00 bits per heavy atom. The molecule has 3 aromatic carbocycles. The van der Waals surface area contributed by atoms with Crippen molar-refractivity contribution in [3.63, 3.8) is 0 Å². The number of aromatic hydroxyl groups is 2. The number of aryl methyl sites for hydroxylation is 1. The zero-order valence-electron chi connectivity index (χ0n) is 15.3. The van der Waals surface area contributed by atoms with E-state index in [0.29, 0.717) is 6.54 Å². The van der Waals surface area contributed by atoms with Gasteiger partial charge < -0.3 is 19.8 Å². The van der Waals surface area contributed by atoms with Crippen LogP contribution in [0.2, 0.25) is 0 Å². The smallest absolute Gasteiger partial charge is 0.265 e. The molecule has 1 amide bonds. The van der Waals surface area contributed by atoms with E-state index in [1.807, 2.05) is 54.6 Å². The van der Waals surface area contributed by atoms with E-state index >= 15 is 0 Å². The number of carbonyl (C=O) groups is 1. The molecule has 1 aliphatic heterocycles. The highest BCUT2D eigenvalue weighted by atomic mass is 16.5. The van der Waals surface area contributed by atoms with Gasteiger partial charge in [-0.05, 0) is 30.0 Å². The number of hydrogen-bond acceptors (Lipinski definition) is 4. The van der Waals surface area contributed by atoms with E-state index in [2.05, 4.69) is 0 Å². The van der Waals surface area contributed by atoms with Crippen LogP contribution in [-0.2, 0) is 13.0 Å². The molecule has 5 nitrogen and oxygen atoms in total. The fourth-order valence-electron chi connectivity index (χ4n) is 3.53. The van der Waals surface area contributed by atoms with Crippen molar-refractivity contribution < 1.29 is 19.7 Å². The van der Waals surface area contributed by atoms with Crippen molar-refractivity contribution in [1.29, 1.82) is 0 Å². The van der Waals surface area contributed by atoms with Gasteiger partial charge in [0.25, 0.3) is 5.91 Å². The molecule has 0 aromatic heterocycles. The number of phenolic OH excluding ortho intramolecular Hbond substituents is 2. The van der Waals surface area contributed by atoms with E-state index in [9.17, 15) is 15.0 Å². The number of ether oxygens (including phenoxy) is 1. The molecular weight excluding hydrogens is 354 g/mol. The van der Waals surface area contributed by atoms with Crippen LogP contribution in [0, 0.1) is 0 Å². The summed E-state index contributed by atoms with van der Waals surface area (Å²) >= 11 is 0. The molecule has 0 atom stereocenters. The fraction of sp³-hybridized carbons (Fsp3) is 0.174. The van der Waals surface area contributed by atoms with Gasteiger partial charge in [0.2, 0.25) is 0 Å². The number of fused-ring (bicyclic) bond motifs is 1. The molecule has 0 radical (unpaired) electrons. The van der Waals surface area contributed by atoms with Crippen LogP contribution in [0.25, 0.3) is 0 Å². The first-order valence-corrected chi connectivity index (χ1v) is 9.26. The second-order valence-electron chi connectivity index (χ2n) is 6.80. The average molecular weight is 375 g/mol. The summed E-state index contributed by atoms with van der Waals surface area (Å²) in [7, 11) is 0. The summed E-state index contributed by atoms with van der Waals surface area (Å²) in [4.78, 5) is 15.0. The van der Waals surface area contributed by atoms with Crippen LogP contribution in [0.5, 0.6) is 17.2 Å². The van der Waals surface area contributed by atoms with E-state index < -0.39 is 0 Å². The number of amides is 1. The minimum absolute atomic E-state index is 0.0606. The molecule has 5 heteroatoms. The van der Waals surface area contributed by atoms with Crippen molar-refractivity contribution in [2.45, 2.75) is 19.4 Å². The van der Waals surface area contributed by atoms with Gasteiger partial charge in [0, 0.05) is 24.4 Å². The van der Waals surface area contributed by atoms with Crippen LogP contribution in [0.3, 0.4) is 0 Å². The number of nitrogens with zero attached hydrogens (tertiary/aromatic N) is 1. The van der Waals surface area contributed by atoms with Gasteiger partial charge in [0.1, 0.15) is 29.4 Å². The van der Waals surface area contributed by atoms with Crippen molar-refractivity contribution in [3.8, 4) is 17.2 Å². The van der Waals surface area contributed by atoms with Gasteiger partial charge in [0.15, 0.2) is 0 Å². The Kier molecular flexibility index (Phi) is 4.89. The quantitative estimate of drug-likeness (QED) is 0.714. The van der Waals surface area contributed by atoms with Gasteiger partial charge in [-0.15, -0.1) is 0 Å². The van der Waals surface area contributed by atoms with Gasteiger partial charge in [-0.25, -0.2) is 0 Å². The molecular formula is C23H21NO4. The van der Waals surface area contributed by atoms with E-state index in [1.54, 1.807) is 4.90 Å². The number of para-hydroxylation sites is 1.